The summed E-state index contributed by atoms with van der Waals surface area (Å²) < 4.78 is 40.2. The largest absolute Gasteiger partial charge is 0.586 e. The Morgan fingerprint density at radius 3 is 2.44 bits per heavy atom. The molecule has 1 aliphatic heterocycles. The number of halogens is 2. The van der Waals surface area contributed by atoms with Crippen LogP contribution >= 0.6 is 0 Å². The van der Waals surface area contributed by atoms with Gasteiger partial charge in [0.2, 0.25) is 5.76 Å². The summed E-state index contributed by atoms with van der Waals surface area (Å²) in [5.74, 6) is -0.107. The van der Waals surface area contributed by atoms with Gasteiger partial charge in [-0.2, -0.15) is 0 Å². The first-order chi connectivity index (χ1) is 12.8. The molecule has 1 aliphatic rings. The lowest BCUT2D eigenvalue weighted by atomic mass is 10.0. The minimum atomic E-state index is -3.67. The van der Waals surface area contributed by atoms with Crippen LogP contribution in [-0.2, 0) is 0 Å². The molecule has 1 aromatic carbocycles. The molecule has 1 amide bonds. The molecule has 3 aromatic rings. The molecule has 0 saturated carbocycles. The highest BCUT2D eigenvalue weighted by molar-refractivity contribution is 6.02. The lowest BCUT2D eigenvalue weighted by molar-refractivity contribution is -0.286. The average Bonchev–Trinajstić information content (AvgIpc) is 3.16. The van der Waals surface area contributed by atoms with E-state index >= 15 is 0 Å². The summed E-state index contributed by atoms with van der Waals surface area (Å²) in [7, 11) is 0. The summed E-state index contributed by atoms with van der Waals surface area (Å²) in [4.78, 5) is 16.3. The number of pyridine rings is 1. The molecule has 3 heterocycles. The first-order valence-corrected chi connectivity index (χ1v) is 7.92. The van der Waals surface area contributed by atoms with Crippen LogP contribution in [0.25, 0.3) is 11.1 Å². The van der Waals surface area contributed by atoms with Gasteiger partial charge in [-0.25, -0.2) is 4.98 Å². The quantitative estimate of drug-likeness (QED) is 0.749. The number of hydrogen-bond acceptors (Lipinski definition) is 6. The first kappa shape index (κ1) is 17.0. The van der Waals surface area contributed by atoms with E-state index in [4.69, 9.17) is 4.52 Å². The Morgan fingerprint density at radius 2 is 1.81 bits per heavy atom. The lowest BCUT2D eigenvalue weighted by Gasteiger charge is -2.08. The predicted octanol–water partition coefficient (Wildman–Crippen LogP) is 3.93. The zero-order valence-corrected chi connectivity index (χ0v) is 14.2. The molecule has 0 spiro atoms. The summed E-state index contributed by atoms with van der Waals surface area (Å²) in [6.07, 6.45) is -0.707. The van der Waals surface area contributed by atoms with Crippen LogP contribution in [0.1, 0.15) is 21.7 Å². The molecule has 0 bridgehead atoms. The van der Waals surface area contributed by atoms with Gasteiger partial charge in [0, 0.05) is 17.3 Å². The van der Waals surface area contributed by atoms with Gasteiger partial charge in [-0.05, 0) is 49.2 Å². The summed E-state index contributed by atoms with van der Waals surface area (Å²) >= 11 is 0. The Kier molecular flexibility index (Phi) is 3.79. The number of benzene rings is 1. The van der Waals surface area contributed by atoms with Crippen molar-refractivity contribution in [1.82, 2.24) is 10.1 Å². The number of amides is 1. The fourth-order valence-corrected chi connectivity index (χ4v) is 2.72. The minimum absolute atomic E-state index is 0.0134. The maximum atomic E-state index is 13.2. The lowest BCUT2D eigenvalue weighted by Crippen LogP contribution is -2.25. The van der Waals surface area contributed by atoms with Gasteiger partial charge in [0.25, 0.3) is 5.91 Å². The van der Waals surface area contributed by atoms with Crippen LogP contribution < -0.4 is 14.8 Å². The highest BCUT2D eigenvalue weighted by atomic mass is 19.3. The number of hydrogen-bond donors (Lipinski definition) is 1. The highest BCUT2D eigenvalue weighted by Gasteiger charge is 2.43. The van der Waals surface area contributed by atoms with E-state index in [1.807, 2.05) is 0 Å². The summed E-state index contributed by atoms with van der Waals surface area (Å²) in [6, 6.07) is 6.25. The third kappa shape index (κ3) is 3.19. The van der Waals surface area contributed by atoms with E-state index in [1.165, 1.54) is 24.5 Å². The van der Waals surface area contributed by atoms with Crippen molar-refractivity contribution in [1.29, 1.82) is 0 Å². The Morgan fingerprint density at radius 1 is 1.07 bits per heavy atom. The van der Waals surface area contributed by atoms with Crippen molar-refractivity contribution in [2.24, 2.45) is 0 Å². The Bertz CT molecular complexity index is 1030. The fourth-order valence-electron chi connectivity index (χ4n) is 2.72. The molecule has 0 unspecified atom stereocenters. The zero-order valence-electron chi connectivity index (χ0n) is 14.2. The smallest absolute Gasteiger partial charge is 0.395 e. The molecule has 27 heavy (non-hydrogen) atoms. The van der Waals surface area contributed by atoms with Gasteiger partial charge < -0.3 is 19.3 Å². The zero-order chi connectivity index (χ0) is 19.2. The van der Waals surface area contributed by atoms with E-state index in [9.17, 15) is 13.6 Å². The molecular weight excluding hydrogens is 360 g/mol. The number of ether oxygens (including phenoxy) is 2. The van der Waals surface area contributed by atoms with Crippen molar-refractivity contribution in [2.75, 3.05) is 5.32 Å². The van der Waals surface area contributed by atoms with Crippen LogP contribution in [0.5, 0.6) is 11.5 Å². The van der Waals surface area contributed by atoms with Crippen molar-refractivity contribution < 1.29 is 27.6 Å². The number of nitrogens with zero attached hydrogens (tertiary/aromatic N) is 2. The van der Waals surface area contributed by atoms with Gasteiger partial charge in [0.1, 0.15) is 5.82 Å². The van der Waals surface area contributed by atoms with Crippen molar-refractivity contribution in [3.05, 3.63) is 53.5 Å². The molecule has 7 nitrogen and oxygen atoms in total. The molecule has 9 heteroatoms. The summed E-state index contributed by atoms with van der Waals surface area (Å²) in [5.41, 5.74) is 2.65. The number of anilines is 1. The minimum Gasteiger partial charge on any atom is -0.395 e. The summed E-state index contributed by atoms with van der Waals surface area (Å²) in [6.45, 7) is 3.46. The summed E-state index contributed by atoms with van der Waals surface area (Å²) in [5, 5.41) is 6.16. The van der Waals surface area contributed by atoms with Crippen LogP contribution in [0.4, 0.5) is 14.6 Å². The number of alkyl halides is 2. The van der Waals surface area contributed by atoms with Gasteiger partial charge in [0.15, 0.2) is 11.5 Å². The second-order valence-corrected chi connectivity index (χ2v) is 6.01. The Labute approximate surface area is 151 Å². The van der Waals surface area contributed by atoms with E-state index in [0.717, 1.165) is 0 Å². The van der Waals surface area contributed by atoms with Gasteiger partial charge in [-0.15, -0.1) is 8.78 Å². The highest BCUT2D eigenvalue weighted by Crippen LogP contribution is 2.44. The van der Waals surface area contributed by atoms with E-state index in [2.05, 4.69) is 24.9 Å². The second-order valence-electron chi connectivity index (χ2n) is 6.01. The van der Waals surface area contributed by atoms with Crippen molar-refractivity contribution in [3.8, 4) is 22.6 Å². The van der Waals surface area contributed by atoms with Crippen LogP contribution in [0.15, 0.2) is 41.2 Å². The molecule has 4 rings (SSSR count). The Balaban J connectivity index is 1.57. The van der Waals surface area contributed by atoms with Gasteiger partial charge >= 0.3 is 6.29 Å². The number of nitrogens with one attached hydrogen (secondary N) is 1. The molecule has 0 aliphatic carbocycles. The number of fused-ring (bicyclic) bond motifs is 1. The van der Waals surface area contributed by atoms with E-state index < -0.39 is 12.2 Å². The monoisotopic (exact) mass is 373 g/mol. The molecule has 0 saturated heterocycles. The molecule has 0 radical (unpaired) electrons. The van der Waals surface area contributed by atoms with Crippen molar-refractivity contribution >= 4 is 11.7 Å². The predicted molar refractivity (Wildman–Crippen MR) is 89.8 cm³/mol. The molecule has 2 aromatic heterocycles. The average molecular weight is 373 g/mol. The van der Waals surface area contributed by atoms with Crippen molar-refractivity contribution in [2.45, 2.75) is 20.1 Å². The van der Waals surface area contributed by atoms with Crippen LogP contribution in [-0.4, -0.2) is 22.3 Å². The van der Waals surface area contributed by atoms with Crippen molar-refractivity contribution in [3.63, 3.8) is 0 Å². The van der Waals surface area contributed by atoms with E-state index in [0.29, 0.717) is 28.1 Å². The van der Waals surface area contributed by atoms with Crippen LogP contribution in [0, 0.1) is 13.8 Å². The van der Waals surface area contributed by atoms with Gasteiger partial charge in [-0.1, -0.05) is 5.16 Å². The fraction of sp³-hybridized carbons (Fsp3) is 0.167. The SMILES string of the molecule is Cc1cc2c(cc1-c1ccc(NC(=O)c3oncc3C)nc1)OC(F)(F)O2. The molecule has 0 fully saturated rings. The number of aryl methyl sites for hydroxylation is 2. The normalized spacial score (nSPS) is 14.2. The maximum absolute atomic E-state index is 13.2. The second kappa shape index (κ2) is 6.04. The van der Waals surface area contributed by atoms with Crippen LogP contribution in [0.3, 0.4) is 0 Å². The first-order valence-electron chi connectivity index (χ1n) is 7.92. The topological polar surface area (TPSA) is 86.5 Å². The number of rotatable bonds is 3. The molecular formula is C18H13F2N3O4. The van der Waals surface area contributed by atoms with Crippen LogP contribution in [0.2, 0.25) is 0 Å². The molecule has 138 valence electrons. The van der Waals surface area contributed by atoms with Gasteiger partial charge in [-0.3, -0.25) is 4.79 Å². The standard InChI is InChI=1S/C18H13F2N3O4/c1-9-5-13-14(26-18(19,20)25-13)6-12(9)11-3-4-15(21-8-11)23-17(24)16-10(2)7-22-27-16/h3-8H,1-2H3,(H,21,23,24). The molecule has 1 N–H and O–H groups in total. The molecule has 0 atom stereocenters. The Hall–Kier alpha value is -3.49. The van der Waals surface area contributed by atoms with E-state index in [1.54, 1.807) is 26.0 Å². The third-order valence-corrected chi connectivity index (χ3v) is 4.02. The number of carbonyl (C=O) groups excluding carboxylic acids is 1. The number of aromatic nitrogens is 2. The van der Waals surface area contributed by atoms with Gasteiger partial charge in [0.05, 0.1) is 6.20 Å². The maximum Gasteiger partial charge on any atom is 0.586 e. The van der Waals surface area contributed by atoms with E-state index in [-0.39, 0.29) is 17.3 Å². The number of carbonyl (C=O) groups is 1. The third-order valence-electron chi connectivity index (χ3n) is 4.02.